The molecule has 0 radical (unpaired) electrons. The smallest absolute Gasteiger partial charge is 0.241 e. The number of carbonyl (C=O) groups is 1. The average molecular weight is 355 g/mol. The molecule has 0 aliphatic heterocycles. The van der Waals surface area contributed by atoms with Crippen LogP contribution in [0.4, 0.5) is 0 Å². The summed E-state index contributed by atoms with van der Waals surface area (Å²) in [5, 5.41) is 6.16. The van der Waals surface area contributed by atoms with Gasteiger partial charge < -0.3 is 20.1 Å². The molecule has 26 heavy (non-hydrogen) atoms. The highest BCUT2D eigenvalue weighted by molar-refractivity contribution is 5.84. The van der Waals surface area contributed by atoms with Crippen LogP contribution >= 0.6 is 0 Å². The van der Waals surface area contributed by atoms with E-state index in [1.165, 1.54) is 11.3 Å². The molecular formula is C20H29N5O. The van der Waals surface area contributed by atoms with Crippen molar-refractivity contribution in [2.75, 3.05) is 26.7 Å². The maximum Gasteiger partial charge on any atom is 0.241 e. The normalized spacial score (nSPS) is 11.3. The van der Waals surface area contributed by atoms with Crippen LogP contribution in [0.1, 0.15) is 18.2 Å². The van der Waals surface area contributed by atoms with Crippen molar-refractivity contribution in [2.45, 2.75) is 19.9 Å². The number of rotatable bonds is 8. The van der Waals surface area contributed by atoms with Gasteiger partial charge in [-0.25, -0.2) is 4.99 Å². The summed E-state index contributed by atoms with van der Waals surface area (Å²) in [6.07, 6.45) is 2.84. The number of amides is 1. The zero-order valence-electron chi connectivity index (χ0n) is 15.9. The second-order valence-electron chi connectivity index (χ2n) is 6.22. The van der Waals surface area contributed by atoms with Gasteiger partial charge in [-0.1, -0.05) is 30.3 Å². The van der Waals surface area contributed by atoms with Gasteiger partial charge in [-0.05, 0) is 31.0 Å². The molecule has 0 bridgehead atoms. The maximum atomic E-state index is 12.1. The summed E-state index contributed by atoms with van der Waals surface area (Å²) in [6.45, 7) is 4.24. The van der Waals surface area contributed by atoms with E-state index >= 15 is 0 Å². The predicted molar refractivity (Wildman–Crippen MR) is 106 cm³/mol. The van der Waals surface area contributed by atoms with Crippen LogP contribution < -0.4 is 10.6 Å². The van der Waals surface area contributed by atoms with E-state index in [-0.39, 0.29) is 12.5 Å². The molecule has 0 spiro atoms. The lowest BCUT2D eigenvalue weighted by Gasteiger charge is -2.22. The number of hydrogen-bond acceptors (Lipinski definition) is 2. The molecule has 0 fully saturated rings. The van der Waals surface area contributed by atoms with Gasteiger partial charge in [0.1, 0.15) is 6.54 Å². The van der Waals surface area contributed by atoms with Crippen LogP contribution in [0.5, 0.6) is 0 Å². The minimum absolute atomic E-state index is 0.0661. The Morgan fingerprint density at radius 1 is 1.15 bits per heavy atom. The molecule has 2 N–H and O–H groups in total. The zero-order chi connectivity index (χ0) is 18.8. The fourth-order valence-electron chi connectivity index (χ4n) is 2.64. The highest BCUT2D eigenvalue weighted by Crippen LogP contribution is 2.03. The Hall–Kier alpha value is -2.76. The van der Waals surface area contributed by atoms with Gasteiger partial charge in [0.25, 0.3) is 0 Å². The summed E-state index contributed by atoms with van der Waals surface area (Å²) in [7, 11) is 4.00. The first-order valence-corrected chi connectivity index (χ1v) is 9.00. The van der Waals surface area contributed by atoms with Crippen LogP contribution in [0.3, 0.4) is 0 Å². The molecule has 140 valence electrons. The maximum absolute atomic E-state index is 12.1. The predicted octanol–water partition coefficient (Wildman–Crippen LogP) is 1.78. The van der Waals surface area contributed by atoms with Crippen molar-refractivity contribution in [3.63, 3.8) is 0 Å². The third kappa shape index (κ3) is 6.27. The molecule has 6 nitrogen and oxygen atoms in total. The van der Waals surface area contributed by atoms with Crippen LogP contribution in [0.25, 0.3) is 0 Å². The fraction of sp³-hybridized carbons (Fsp3) is 0.400. The summed E-state index contributed by atoms with van der Waals surface area (Å²) in [4.78, 5) is 18.6. The Labute approximate surface area is 155 Å². The number of hydrogen-bond donors (Lipinski definition) is 2. The summed E-state index contributed by atoms with van der Waals surface area (Å²) < 4.78 is 2.08. The number of benzene rings is 1. The molecule has 1 aromatic carbocycles. The van der Waals surface area contributed by atoms with Crippen molar-refractivity contribution in [2.24, 2.45) is 12.0 Å². The quantitative estimate of drug-likeness (QED) is 0.560. The number of aliphatic imine (C=N–C) groups is 1. The third-order valence-corrected chi connectivity index (χ3v) is 4.10. The molecule has 1 amide bonds. The summed E-state index contributed by atoms with van der Waals surface area (Å²) in [6, 6.07) is 14.2. The second-order valence-corrected chi connectivity index (χ2v) is 6.22. The summed E-state index contributed by atoms with van der Waals surface area (Å²) in [5.41, 5.74) is 2.40. The molecule has 2 rings (SSSR count). The Balaban J connectivity index is 1.83. The van der Waals surface area contributed by atoms with E-state index in [4.69, 9.17) is 0 Å². The van der Waals surface area contributed by atoms with E-state index in [9.17, 15) is 4.79 Å². The molecule has 0 atom stereocenters. The van der Waals surface area contributed by atoms with E-state index < -0.39 is 0 Å². The first-order valence-electron chi connectivity index (χ1n) is 9.00. The van der Waals surface area contributed by atoms with E-state index in [2.05, 4.69) is 38.4 Å². The van der Waals surface area contributed by atoms with Crippen LogP contribution in [0, 0.1) is 0 Å². The van der Waals surface area contributed by atoms with E-state index in [0.717, 1.165) is 25.5 Å². The first kappa shape index (κ1) is 19.6. The Bertz CT molecular complexity index is 708. The van der Waals surface area contributed by atoms with Gasteiger partial charge in [-0.15, -0.1) is 0 Å². The van der Waals surface area contributed by atoms with Gasteiger partial charge in [-0.2, -0.15) is 0 Å². The largest absolute Gasteiger partial charge is 0.357 e. The minimum Gasteiger partial charge on any atom is -0.357 e. The molecule has 0 aliphatic rings. The highest BCUT2D eigenvalue weighted by atomic mass is 16.1. The lowest BCUT2D eigenvalue weighted by molar-refractivity contribution is -0.119. The molecule has 6 heteroatoms. The standard InChI is InChI=1S/C20H29N5O/c1-4-21-20(25(3)16-18-11-8-14-24(18)2)23-15-19(26)22-13-12-17-9-6-5-7-10-17/h5-11,14H,4,12-13,15-16H2,1-3H3,(H,21,23)(H,22,26). The zero-order valence-corrected chi connectivity index (χ0v) is 15.9. The molecule has 2 aromatic rings. The lowest BCUT2D eigenvalue weighted by atomic mass is 10.1. The van der Waals surface area contributed by atoms with Crippen molar-refractivity contribution in [1.82, 2.24) is 20.1 Å². The highest BCUT2D eigenvalue weighted by Gasteiger charge is 2.09. The number of aryl methyl sites for hydroxylation is 1. The van der Waals surface area contributed by atoms with E-state index in [1.54, 1.807) is 0 Å². The molecule has 0 saturated heterocycles. The molecular weight excluding hydrogens is 326 g/mol. The van der Waals surface area contributed by atoms with Gasteiger partial charge in [0, 0.05) is 39.1 Å². The lowest BCUT2D eigenvalue weighted by Crippen LogP contribution is -2.40. The average Bonchev–Trinajstić information content (AvgIpc) is 3.04. The number of carbonyl (C=O) groups excluding carboxylic acids is 1. The Morgan fingerprint density at radius 3 is 2.58 bits per heavy atom. The third-order valence-electron chi connectivity index (χ3n) is 4.10. The van der Waals surface area contributed by atoms with Crippen molar-refractivity contribution in [3.05, 3.63) is 59.9 Å². The van der Waals surface area contributed by atoms with Crippen molar-refractivity contribution in [1.29, 1.82) is 0 Å². The number of guanidine groups is 1. The Kier molecular flexibility index (Phi) is 7.74. The molecule has 0 saturated carbocycles. The molecule has 0 unspecified atom stereocenters. The minimum atomic E-state index is -0.0661. The van der Waals surface area contributed by atoms with Crippen molar-refractivity contribution in [3.8, 4) is 0 Å². The van der Waals surface area contributed by atoms with Crippen LogP contribution in [-0.2, 0) is 24.8 Å². The van der Waals surface area contributed by atoms with E-state index in [0.29, 0.717) is 6.54 Å². The number of nitrogens with one attached hydrogen (secondary N) is 2. The van der Waals surface area contributed by atoms with Crippen molar-refractivity contribution >= 4 is 11.9 Å². The van der Waals surface area contributed by atoms with E-state index in [1.807, 2.05) is 56.4 Å². The number of aromatic nitrogens is 1. The van der Waals surface area contributed by atoms with Crippen LogP contribution in [0.15, 0.2) is 53.7 Å². The molecule has 0 aliphatic carbocycles. The monoisotopic (exact) mass is 355 g/mol. The second kappa shape index (κ2) is 10.3. The SMILES string of the molecule is CCNC(=NCC(=O)NCCc1ccccc1)N(C)Cc1cccn1C. The summed E-state index contributed by atoms with van der Waals surface area (Å²) >= 11 is 0. The van der Waals surface area contributed by atoms with Gasteiger partial charge in [0.2, 0.25) is 5.91 Å². The van der Waals surface area contributed by atoms with Gasteiger partial charge >= 0.3 is 0 Å². The molecule has 1 heterocycles. The van der Waals surface area contributed by atoms with Gasteiger partial charge in [0.05, 0.1) is 6.54 Å². The van der Waals surface area contributed by atoms with Crippen molar-refractivity contribution < 1.29 is 4.79 Å². The fourth-order valence-corrected chi connectivity index (χ4v) is 2.64. The van der Waals surface area contributed by atoms with Gasteiger partial charge in [0.15, 0.2) is 5.96 Å². The Morgan fingerprint density at radius 2 is 1.92 bits per heavy atom. The van der Waals surface area contributed by atoms with Gasteiger partial charge in [-0.3, -0.25) is 4.79 Å². The molecule has 1 aromatic heterocycles. The van der Waals surface area contributed by atoms with Crippen LogP contribution in [0.2, 0.25) is 0 Å². The first-order chi connectivity index (χ1) is 12.6. The number of nitrogens with zero attached hydrogens (tertiary/aromatic N) is 3. The summed E-state index contributed by atoms with van der Waals surface area (Å²) in [5.74, 6) is 0.663. The van der Waals surface area contributed by atoms with Crippen LogP contribution in [-0.4, -0.2) is 48.0 Å². The topological polar surface area (TPSA) is 61.7 Å².